The van der Waals surface area contributed by atoms with Gasteiger partial charge in [-0.3, -0.25) is 0 Å². The summed E-state index contributed by atoms with van der Waals surface area (Å²) in [4.78, 5) is 0. The van der Waals surface area contributed by atoms with E-state index in [1.54, 1.807) is 0 Å². The first-order valence-corrected chi connectivity index (χ1v) is 2.28. The van der Waals surface area contributed by atoms with Crippen LogP contribution in [0.3, 0.4) is 0 Å². The van der Waals surface area contributed by atoms with Gasteiger partial charge in [0.25, 0.3) is 0 Å². The zero-order chi connectivity index (χ0) is 5.54. The topological polar surface area (TPSA) is 0 Å². The van der Waals surface area contributed by atoms with Crippen molar-refractivity contribution in [1.82, 2.24) is 0 Å². The molecule has 0 aromatic carbocycles. The van der Waals surface area contributed by atoms with Gasteiger partial charge in [0.15, 0.2) is 0 Å². The third-order valence-electron chi connectivity index (χ3n) is 0.597. The first kappa shape index (κ1) is 6.47. The van der Waals surface area contributed by atoms with Gasteiger partial charge in [-0.1, -0.05) is 12.2 Å². The molecule has 38 valence electrons. The van der Waals surface area contributed by atoms with Crippen molar-refractivity contribution >= 4 is 7.85 Å². The largest absolute Gasteiger partial charge is 0.216 e. The lowest BCUT2D eigenvalue weighted by Crippen LogP contribution is -1.54. The van der Waals surface area contributed by atoms with Gasteiger partial charge in [0.2, 0.25) is 0 Å². The van der Waals surface area contributed by atoms with Crippen LogP contribution in [0.4, 0.5) is 4.39 Å². The Morgan fingerprint density at radius 1 is 1.43 bits per heavy atom. The fourth-order valence-corrected chi connectivity index (χ4v) is 0.266. The van der Waals surface area contributed by atoms with E-state index in [-0.39, 0.29) is 0 Å². The molecule has 0 N–H and O–H groups in total. The molecule has 0 aliphatic heterocycles. The van der Waals surface area contributed by atoms with Crippen LogP contribution in [0.1, 0.15) is 6.42 Å². The van der Waals surface area contributed by atoms with Gasteiger partial charge in [-0.05, 0) is 6.42 Å². The van der Waals surface area contributed by atoms with Crippen LogP contribution in [0.25, 0.3) is 0 Å². The Bertz CT molecular complexity index is 66.1. The van der Waals surface area contributed by atoms with Gasteiger partial charge in [0.05, 0.1) is 6.33 Å². The Hall–Kier alpha value is -0.525. The molecular formula is C5H8BF. The van der Waals surface area contributed by atoms with Crippen LogP contribution in [0.15, 0.2) is 24.5 Å². The molecule has 0 heterocycles. The molecule has 0 bridgehead atoms. The molecule has 0 nitrogen and oxygen atoms in total. The van der Waals surface area contributed by atoms with Crippen LogP contribution in [-0.4, -0.2) is 7.85 Å². The summed E-state index contributed by atoms with van der Waals surface area (Å²) >= 11 is 0. The average Bonchev–Trinajstić information content (AvgIpc) is 1.69. The molecule has 0 saturated heterocycles. The fourth-order valence-electron chi connectivity index (χ4n) is 0.266. The van der Waals surface area contributed by atoms with Crippen molar-refractivity contribution < 1.29 is 4.39 Å². The molecule has 0 fully saturated rings. The van der Waals surface area contributed by atoms with Crippen molar-refractivity contribution in [2.75, 3.05) is 0 Å². The Morgan fingerprint density at radius 2 is 2.14 bits per heavy atom. The van der Waals surface area contributed by atoms with E-state index in [0.29, 0.717) is 12.8 Å². The minimum absolute atomic E-state index is 0.556. The van der Waals surface area contributed by atoms with E-state index in [4.69, 9.17) is 0 Å². The summed E-state index contributed by atoms with van der Waals surface area (Å²) in [5, 5.41) is 0. The second kappa shape index (κ2) is 5.47. The standard InChI is InChI=1S/C5H8BF/c6-4-2-1-3-5-7/h2-5H,1,6H2/b4-2-,5-3-. The van der Waals surface area contributed by atoms with Crippen molar-refractivity contribution in [2.45, 2.75) is 6.42 Å². The molecule has 0 aromatic rings. The first-order valence-electron chi connectivity index (χ1n) is 2.28. The molecule has 2 heteroatoms. The lowest BCUT2D eigenvalue weighted by atomic mass is 10.1. The Kier molecular flexibility index (Phi) is 5.06. The molecule has 0 atom stereocenters. The maximum absolute atomic E-state index is 11.1. The number of hydrogen-bond acceptors (Lipinski definition) is 0. The molecule has 7 heavy (non-hydrogen) atoms. The van der Waals surface area contributed by atoms with Crippen molar-refractivity contribution in [1.29, 1.82) is 0 Å². The Balaban J connectivity index is 2.98. The molecule has 0 aliphatic rings. The number of allylic oxidation sites excluding steroid dienone is 2. The molecule has 0 radical (unpaired) electrons. The number of hydrogen-bond donors (Lipinski definition) is 0. The van der Waals surface area contributed by atoms with Gasteiger partial charge in [-0.2, -0.15) is 0 Å². The fraction of sp³-hybridized carbons (Fsp3) is 0.200. The molecule has 0 rings (SSSR count). The molecule has 0 amide bonds. The molecule has 0 aliphatic carbocycles. The van der Waals surface area contributed by atoms with Gasteiger partial charge >= 0.3 is 0 Å². The van der Waals surface area contributed by atoms with Crippen LogP contribution in [-0.2, 0) is 0 Å². The minimum atomic E-state index is 0.556. The average molecular weight is 97.9 g/mol. The van der Waals surface area contributed by atoms with Gasteiger partial charge in [0, 0.05) is 0 Å². The maximum Gasteiger partial charge on any atom is 0.129 e. The third-order valence-corrected chi connectivity index (χ3v) is 0.597. The highest BCUT2D eigenvalue weighted by atomic mass is 19.1. The SMILES string of the molecule is B/C=C\C/C=C\F. The summed E-state index contributed by atoms with van der Waals surface area (Å²) in [6.07, 6.45) is 4.60. The smallest absolute Gasteiger partial charge is 0.129 e. The summed E-state index contributed by atoms with van der Waals surface area (Å²) < 4.78 is 11.1. The van der Waals surface area contributed by atoms with Crippen LogP contribution in [0.2, 0.25) is 0 Å². The van der Waals surface area contributed by atoms with E-state index in [1.165, 1.54) is 6.08 Å². The monoisotopic (exact) mass is 98.1 g/mol. The van der Waals surface area contributed by atoms with Gasteiger partial charge < -0.3 is 0 Å². The van der Waals surface area contributed by atoms with E-state index in [0.717, 1.165) is 0 Å². The second-order valence-corrected chi connectivity index (χ2v) is 1.17. The zero-order valence-corrected chi connectivity index (χ0v) is 4.39. The van der Waals surface area contributed by atoms with Gasteiger partial charge in [0.1, 0.15) is 7.85 Å². The predicted octanol–water partition coefficient (Wildman–Crippen LogP) is 1.01. The highest BCUT2D eigenvalue weighted by molar-refractivity contribution is 6.16. The normalized spacial score (nSPS) is 11.6. The Morgan fingerprint density at radius 3 is 2.57 bits per heavy atom. The van der Waals surface area contributed by atoms with Crippen LogP contribution in [0, 0.1) is 0 Å². The van der Waals surface area contributed by atoms with Crippen LogP contribution < -0.4 is 0 Å². The number of rotatable bonds is 2. The zero-order valence-electron chi connectivity index (χ0n) is 4.39. The minimum Gasteiger partial charge on any atom is -0.216 e. The Labute approximate surface area is 44.1 Å². The maximum atomic E-state index is 11.1. The van der Waals surface area contributed by atoms with Crippen molar-refractivity contribution in [3.05, 3.63) is 24.5 Å². The lowest BCUT2D eigenvalue weighted by molar-refractivity contribution is 0.717. The van der Waals surface area contributed by atoms with E-state index in [2.05, 4.69) is 0 Å². The van der Waals surface area contributed by atoms with E-state index in [9.17, 15) is 4.39 Å². The highest BCUT2D eigenvalue weighted by Gasteiger charge is 1.63. The second-order valence-electron chi connectivity index (χ2n) is 1.17. The summed E-state index contributed by atoms with van der Waals surface area (Å²) in [6, 6.07) is 0. The molecule has 0 aromatic heterocycles. The van der Waals surface area contributed by atoms with Crippen molar-refractivity contribution in [2.24, 2.45) is 0 Å². The highest BCUT2D eigenvalue weighted by Crippen LogP contribution is 1.82. The van der Waals surface area contributed by atoms with Gasteiger partial charge in [-0.25, -0.2) is 4.39 Å². The van der Waals surface area contributed by atoms with E-state index in [1.807, 2.05) is 19.9 Å². The predicted molar refractivity (Wildman–Crippen MR) is 32.5 cm³/mol. The van der Waals surface area contributed by atoms with Gasteiger partial charge in [-0.15, -0.1) is 5.98 Å². The quantitative estimate of drug-likeness (QED) is 0.452. The summed E-state index contributed by atoms with van der Waals surface area (Å²) in [5.41, 5.74) is 0. The van der Waals surface area contributed by atoms with Crippen LogP contribution in [0.5, 0.6) is 0 Å². The van der Waals surface area contributed by atoms with Crippen molar-refractivity contribution in [3.8, 4) is 0 Å². The molecule has 0 unspecified atom stereocenters. The molecule has 0 spiro atoms. The molecule has 0 saturated carbocycles. The summed E-state index contributed by atoms with van der Waals surface area (Å²) in [7, 11) is 1.91. The van der Waals surface area contributed by atoms with Crippen LogP contribution >= 0.6 is 0 Å². The lowest BCUT2D eigenvalue weighted by Gasteiger charge is -1.71. The summed E-state index contributed by atoms with van der Waals surface area (Å²) in [6.45, 7) is 0. The third kappa shape index (κ3) is 5.47. The van der Waals surface area contributed by atoms with E-state index < -0.39 is 0 Å². The first-order chi connectivity index (χ1) is 3.41. The van der Waals surface area contributed by atoms with E-state index >= 15 is 0 Å². The number of halogens is 1. The molecular weight excluding hydrogens is 89.9 g/mol. The van der Waals surface area contributed by atoms with Crippen molar-refractivity contribution in [3.63, 3.8) is 0 Å². The summed E-state index contributed by atoms with van der Waals surface area (Å²) in [5.74, 6) is 1.89.